The summed E-state index contributed by atoms with van der Waals surface area (Å²) in [5, 5.41) is 0. The fraction of sp³-hybridized carbons (Fsp3) is 0.400. The number of hydrogen-bond acceptors (Lipinski definition) is 2. The third-order valence-electron chi connectivity index (χ3n) is 2.30. The Morgan fingerprint density at radius 2 is 1.74 bits per heavy atom. The topological polar surface area (TPSA) is 35.2 Å². The molecule has 0 fully saturated rings. The van der Waals surface area contributed by atoms with Gasteiger partial charge in [-0.2, -0.15) is 22.0 Å². The first-order valence-corrected chi connectivity index (χ1v) is 5.44. The lowest BCUT2D eigenvalue weighted by Gasteiger charge is -2.27. The van der Waals surface area contributed by atoms with E-state index >= 15 is 0 Å². The molecule has 19 heavy (non-hydrogen) atoms. The highest BCUT2D eigenvalue weighted by molar-refractivity contribution is 9.10. The van der Waals surface area contributed by atoms with Crippen LogP contribution in [0.15, 0.2) is 22.7 Å². The molecule has 1 atom stereocenters. The summed E-state index contributed by atoms with van der Waals surface area (Å²) in [5.41, 5.74) is 4.61. The lowest BCUT2D eigenvalue weighted by atomic mass is 10.00. The van der Waals surface area contributed by atoms with Gasteiger partial charge in [0.1, 0.15) is 11.8 Å². The fourth-order valence-electron chi connectivity index (χ4n) is 1.32. The molecule has 0 aromatic heterocycles. The molecule has 0 saturated heterocycles. The average molecular weight is 371 g/mol. The van der Waals surface area contributed by atoms with Crippen LogP contribution in [-0.2, 0) is 0 Å². The standard InChI is InChI=1S/C10H9BrF5NO.ClH/c1-18-7-3-2-5(11)4-6(7)8(17)9(12,13)10(14,15)16;/h2-4,8H,17H2,1H3;1H/t8-;/m0./s1. The monoisotopic (exact) mass is 369 g/mol. The van der Waals surface area contributed by atoms with Crippen molar-refractivity contribution in [2.24, 2.45) is 5.73 Å². The van der Waals surface area contributed by atoms with Gasteiger partial charge in [-0.15, -0.1) is 12.4 Å². The molecular formula is C10H10BrClF5NO. The molecule has 0 spiro atoms. The molecule has 1 aromatic rings. The smallest absolute Gasteiger partial charge is 0.455 e. The first-order valence-electron chi connectivity index (χ1n) is 4.64. The number of halogens is 7. The third kappa shape index (κ3) is 3.70. The Labute approximate surface area is 120 Å². The molecule has 0 radical (unpaired) electrons. The van der Waals surface area contributed by atoms with Gasteiger partial charge in [-0.25, -0.2) is 0 Å². The molecule has 0 aliphatic carbocycles. The first kappa shape index (κ1) is 18.4. The van der Waals surface area contributed by atoms with Gasteiger partial charge in [-0.05, 0) is 18.2 Å². The van der Waals surface area contributed by atoms with Crippen LogP contribution in [0.5, 0.6) is 5.75 Å². The first-order chi connectivity index (χ1) is 8.11. The summed E-state index contributed by atoms with van der Waals surface area (Å²) in [7, 11) is 1.16. The largest absolute Gasteiger partial charge is 0.496 e. The van der Waals surface area contributed by atoms with E-state index in [0.29, 0.717) is 4.47 Å². The van der Waals surface area contributed by atoms with E-state index in [1.807, 2.05) is 0 Å². The van der Waals surface area contributed by atoms with E-state index in [0.717, 1.165) is 13.2 Å². The minimum absolute atomic E-state index is 0. The number of hydrogen-bond donors (Lipinski definition) is 1. The summed E-state index contributed by atoms with van der Waals surface area (Å²) in [5.74, 6) is -5.17. The molecule has 1 aromatic carbocycles. The van der Waals surface area contributed by atoms with E-state index in [4.69, 9.17) is 10.5 Å². The van der Waals surface area contributed by atoms with E-state index in [-0.39, 0.29) is 18.2 Å². The van der Waals surface area contributed by atoms with Gasteiger partial charge in [0.05, 0.1) is 7.11 Å². The van der Waals surface area contributed by atoms with Gasteiger partial charge < -0.3 is 10.5 Å². The van der Waals surface area contributed by atoms with E-state index in [1.165, 1.54) is 12.1 Å². The van der Waals surface area contributed by atoms with Gasteiger partial charge in [-0.1, -0.05) is 15.9 Å². The average Bonchev–Trinajstić information content (AvgIpc) is 2.26. The van der Waals surface area contributed by atoms with Crippen molar-refractivity contribution in [2.45, 2.75) is 18.1 Å². The minimum atomic E-state index is -5.72. The number of alkyl halides is 5. The summed E-state index contributed by atoms with van der Waals surface area (Å²) in [4.78, 5) is 0. The molecule has 9 heteroatoms. The summed E-state index contributed by atoms with van der Waals surface area (Å²) >= 11 is 2.97. The van der Waals surface area contributed by atoms with E-state index in [2.05, 4.69) is 15.9 Å². The van der Waals surface area contributed by atoms with E-state index in [9.17, 15) is 22.0 Å². The van der Waals surface area contributed by atoms with E-state index in [1.54, 1.807) is 0 Å². The Morgan fingerprint density at radius 3 is 2.16 bits per heavy atom. The van der Waals surface area contributed by atoms with Gasteiger partial charge in [0.2, 0.25) is 0 Å². The second-order valence-electron chi connectivity index (χ2n) is 3.48. The highest BCUT2D eigenvalue weighted by atomic mass is 79.9. The fourth-order valence-corrected chi connectivity index (χ4v) is 1.70. The number of rotatable bonds is 3. The second kappa shape index (κ2) is 6.23. The predicted molar refractivity (Wildman–Crippen MR) is 65.9 cm³/mol. The Balaban J connectivity index is 0.00000324. The maximum absolute atomic E-state index is 13.1. The van der Waals surface area contributed by atoms with Gasteiger partial charge in [0, 0.05) is 10.0 Å². The Hall–Kier alpha value is -0.600. The molecule has 0 saturated carbocycles. The number of methoxy groups -OCH3 is 1. The van der Waals surface area contributed by atoms with Crippen molar-refractivity contribution >= 4 is 28.3 Å². The van der Waals surface area contributed by atoms with Crippen LogP contribution in [0, 0.1) is 0 Å². The summed E-state index contributed by atoms with van der Waals surface area (Å²) in [6, 6.07) is 1.24. The maximum atomic E-state index is 13.1. The molecule has 1 rings (SSSR count). The Bertz CT molecular complexity index is 440. The molecule has 0 aliphatic heterocycles. The predicted octanol–water partition coefficient (Wildman–Crippen LogP) is 4.08. The van der Waals surface area contributed by atoms with Gasteiger partial charge >= 0.3 is 12.1 Å². The van der Waals surface area contributed by atoms with E-state index < -0.39 is 23.7 Å². The zero-order valence-electron chi connectivity index (χ0n) is 9.47. The normalized spacial score (nSPS) is 13.7. The van der Waals surface area contributed by atoms with Crippen LogP contribution in [0.2, 0.25) is 0 Å². The van der Waals surface area contributed by atoms with Crippen molar-refractivity contribution in [1.82, 2.24) is 0 Å². The molecule has 0 aliphatic rings. The third-order valence-corrected chi connectivity index (χ3v) is 2.79. The maximum Gasteiger partial charge on any atom is 0.455 e. The summed E-state index contributed by atoms with van der Waals surface area (Å²) in [6.45, 7) is 0. The van der Waals surface area contributed by atoms with Crippen LogP contribution < -0.4 is 10.5 Å². The molecular weight excluding hydrogens is 360 g/mol. The van der Waals surface area contributed by atoms with Crippen molar-refractivity contribution in [2.75, 3.05) is 7.11 Å². The number of benzene rings is 1. The molecule has 0 bridgehead atoms. The molecule has 0 unspecified atom stereocenters. The molecule has 110 valence electrons. The quantitative estimate of drug-likeness (QED) is 0.814. The highest BCUT2D eigenvalue weighted by Gasteiger charge is 2.62. The lowest BCUT2D eigenvalue weighted by molar-refractivity contribution is -0.291. The SMILES string of the molecule is COc1ccc(Br)cc1[C@H](N)C(F)(F)C(F)(F)F.Cl. The molecule has 0 heterocycles. The van der Waals surface area contributed by atoms with Crippen LogP contribution in [0.4, 0.5) is 22.0 Å². The zero-order valence-corrected chi connectivity index (χ0v) is 11.9. The number of nitrogens with two attached hydrogens (primary N) is 1. The van der Waals surface area contributed by atoms with Gasteiger partial charge in [0.25, 0.3) is 0 Å². The van der Waals surface area contributed by atoms with Crippen molar-refractivity contribution in [3.05, 3.63) is 28.2 Å². The lowest BCUT2D eigenvalue weighted by Crippen LogP contribution is -2.45. The number of ether oxygens (including phenoxy) is 1. The minimum Gasteiger partial charge on any atom is -0.496 e. The zero-order chi connectivity index (χ0) is 14.1. The molecule has 2 nitrogen and oxygen atoms in total. The van der Waals surface area contributed by atoms with Crippen LogP contribution >= 0.6 is 28.3 Å². The van der Waals surface area contributed by atoms with Crippen LogP contribution in [0.1, 0.15) is 11.6 Å². The van der Waals surface area contributed by atoms with Crippen molar-refractivity contribution in [1.29, 1.82) is 0 Å². The van der Waals surface area contributed by atoms with Crippen LogP contribution in [0.3, 0.4) is 0 Å². The van der Waals surface area contributed by atoms with Crippen molar-refractivity contribution in [3.63, 3.8) is 0 Å². The molecule has 2 N–H and O–H groups in total. The van der Waals surface area contributed by atoms with Crippen molar-refractivity contribution in [3.8, 4) is 5.75 Å². The van der Waals surface area contributed by atoms with Crippen molar-refractivity contribution < 1.29 is 26.7 Å². The van der Waals surface area contributed by atoms with Crippen LogP contribution in [-0.4, -0.2) is 19.2 Å². The van der Waals surface area contributed by atoms with Gasteiger partial charge in [-0.3, -0.25) is 0 Å². The summed E-state index contributed by atoms with van der Waals surface area (Å²) < 4.78 is 68.0. The van der Waals surface area contributed by atoms with Gasteiger partial charge in [0.15, 0.2) is 0 Å². The highest BCUT2D eigenvalue weighted by Crippen LogP contribution is 2.45. The second-order valence-corrected chi connectivity index (χ2v) is 4.40. The van der Waals surface area contributed by atoms with Crippen LogP contribution in [0.25, 0.3) is 0 Å². The Morgan fingerprint density at radius 1 is 1.21 bits per heavy atom. The molecule has 0 amide bonds. The summed E-state index contributed by atoms with van der Waals surface area (Å²) in [6.07, 6.45) is -5.72. The Kier molecular flexibility index (Phi) is 6.04.